The molecule has 1 heterocycles. The quantitative estimate of drug-likeness (QED) is 0.408. The van der Waals surface area contributed by atoms with Crippen LogP contribution in [0.1, 0.15) is 18.1 Å². The zero-order chi connectivity index (χ0) is 18.5. The minimum atomic E-state index is -4.54. The Labute approximate surface area is 149 Å². The molecule has 0 radical (unpaired) electrons. The smallest absolute Gasteiger partial charge is 0.166 e. The fourth-order valence-corrected chi connectivity index (χ4v) is 5.94. The normalized spacial score (nSPS) is 21.3. The van der Waals surface area contributed by atoms with Gasteiger partial charge in [-0.25, -0.2) is 0 Å². The number of nitrogens with zero attached hydrogens (tertiary/aromatic N) is 2. The summed E-state index contributed by atoms with van der Waals surface area (Å²) in [5.74, 6) is 2.62. The van der Waals surface area contributed by atoms with Gasteiger partial charge in [-0.2, -0.15) is 23.4 Å². The van der Waals surface area contributed by atoms with Gasteiger partial charge >= 0.3 is 6.18 Å². The van der Waals surface area contributed by atoms with Gasteiger partial charge < -0.3 is 0 Å². The minimum absolute atomic E-state index is 0.124. The summed E-state index contributed by atoms with van der Waals surface area (Å²) < 4.78 is 38.7. The molecule has 1 atom stereocenters. The lowest BCUT2D eigenvalue weighted by molar-refractivity contribution is -0.137. The second-order valence-corrected chi connectivity index (χ2v) is 12.5. The summed E-state index contributed by atoms with van der Waals surface area (Å²) in [6.45, 7) is 7.92. The second-order valence-electron chi connectivity index (χ2n) is 6.70. The van der Waals surface area contributed by atoms with E-state index < -0.39 is 25.4 Å². The molecule has 0 aliphatic carbocycles. The van der Waals surface area contributed by atoms with Crippen molar-refractivity contribution in [3.05, 3.63) is 38.5 Å². The maximum absolute atomic E-state index is 12.9. The zero-order valence-corrected chi connectivity index (χ0v) is 16.0. The van der Waals surface area contributed by atoms with Crippen molar-refractivity contribution in [2.24, 2.45) is 10.2 Å². The number of hydrogen-bond acceptors (Lipinski definition) is 2. The highest BCUT2D eigenvalue weighted by molar-refractivity contribution is 6.84. The molecule has 2 nitrogen and oxygen atoms in total. The Hall–Kier alpha value is -1.29. The van der Waals surface area contributed by atoms with Crippen molar-refractivity contribution < 1.29 is 13.2 Å². The van der Waals surface area contributed by atoms with E-state index in [1.165, 1.54) is 0 Å². The molecule has 8 heteroatoms. The number of azo groups is 1. The van der Waals surface area contributed by atoms with Gasteiger partial charge in [0.15, 0.2) is 5.54 Å². The van der Waals surface area contributed by atoms with Crippen molar-refractivity contribution in [1.29, 1.82) is 0 Å². The number of benzene rings is 1. The molecule has 0 bridgehead atoms. The molecular formula is C16H15Cl2F3N2Si. The Morgan fingerprint density at radius 1 is 1.17 bits per heavy atom. The largest absolute Gasteiger partial charge is 0.416 e. The molecule has 1 aromatic rings. The van der Waals surface area contributed by atoms with Crippen LogP contribution < -0.4 is 0 Å². The van der Waals surface area contributed by atoms with Crippen LogP contribution in [0.2, 0.25) is 29.7 Å². The summed E-state index contributed by atoms with van der Waals surface area (Å²) in [5.41, 5.74) is -1.22. The van der Waals surface area contributed by atoms with Crippen LogP contribution >= 0.6 is 23.2 Å². The predicted molar refractivity (Wildman–Crippen MR) is 93.8 cm³/mol. The van der Waals surface area contributed by atoms with Gasteiger partial charge in [0, 0.05) is 5.56 Å². The van der Waals surface area contributed by atoms with E-state index >= 15 is 0 Å². The van der Waals surface area contributed by atoms with Gasteiger partial charge in [0.1, 0.15) is 0 Å². The van der Waals surface area contributed by atoms with E-state index in [4.69, 9.17) is 29.6 Å². The topological polar surface area (TPSA) is 24.7 Å². The highest BCUT2D eigenvalue weighted by Crippen LogP contribution is 2.46. The van der Waals surface area contributed by atoms with Crippen LogP contribution in [-0.2, 0) is 6.18 Å². The number of terminal acetylenes is 1. The van der Waals surface area contributed by atoms with Crippen molar-refractivity contribution in [2.45, 2.75) is 38.3 Å². The highest BCUT2D eigenvalue weighted by atomic mass is 35.5. The molecule has 1 unspecified atom stereocenters. The lowest BCUT2D eigenvalue weighted by Crippen LogP contribution is -2.37. The molecule has 0 fully saturated rings. The van der Waals surface area contributed by atoms with Crippen molar-refractivity contribution in [1.82, 2.24) is 0 Å². The first-order chi connectivity index (χ1) is 10.8. The monoisotopic (exact) mass is 390 g/mol. The third kappa shape index (κ3) is 3.25. The zero-order valence-electron chi connectivity index (χ0n) is 13.5. The first-order valence-electron chi connectivity index (χ1n) is 7.04. The first kappa shape index (κ1) is 19.0. The van der Waals surface area contributed by atoms with Gasteiger partial charge in [0.25, 0.3) is 0 Å². The average molecular weight is 391 g/mol. The van der Waals surface area contributed by atoms with Crippen molar-refractivity contribution in [2.75, 3.05) is 0 Å². The SMILES string of the molecule is C#CC1(C)N=NC(c2c(Cl)cc(C(F)(F)F)cc2Cl)=C1[Si](C)(C)C. The molecule has 128 valence electrons. The molecule has 1 aromatic carbocycles. The molecule has 0 amide bonds. The van der Waals surface area contributed by atoms with Crippen molar-refractivity contribution in [3.63, 3.8) is 0 Å². The number of rotatable bonds is 2. The maximum Gasteiger partial charge on any atom is 0.416 e. The molecule has 1 aliphatic heterocycles. The van der Waals surface area contributed by atoms with Crippen LogP contribution in [0.15, 0.2) is 27.6 Å². The molecule has 1 aliphatic rings. The van der Waals surface area contributed by atoms with Gasteiger partial charge in [-0.05, 0) is 24.3 Å². The molecule has 0 saturated carbocycles. The van der Waals surface area contributed by atoms with Crippen LogP contribution in [0.4, 0.5) is 13.2 Å². The number of halogens is 5. The molecular weight excluding hydrogens is 376 g/mol. The molecule has 24 heavy (non-hydrogen) atoms. The second kappa shape index (κ2) is 5.90. The summed E-state index contributed by atoms with van der Waals surface area (Å²) in [6, 6.07) is 1.69. The van der Waals surface area contributed by atoms with Crippen molar-refractivity contribution >= 4 is 37.0 Å². The van der Waals surface area contributed by atoms with Crippen LogP contribution in [0.25, 0.3) is 5.70 Å². The first-order valence-corrected chi connectivity index (χ1v) is 11.3. The summed E-state index contributed by atoms with van der Waals surface area (Å²) in [4.78, 5) is 0. The Morgan fingerprint density at radius 2 is 1.67 bits per heavy atom. The molecule has 0 N–H and O–H groups in total. The Bertz CT molecular complexity index is 778. The highest BCUT2D eigenvalue weighted by Gasteiger charge is 2.43. The fourth-order valence-electron chi connectivity index (χ4n) is 2.81. The number of hydrogen-bond donors (Lipinski definition) is 0. The van der Waals surface area contributed by atoms with E-state index in [0.29, 0.717) is 5.70 Å². The molecule has 2 rings (SSSR count). The van der Waals surface area contributed by atoms with Gasteiger partial charge in [-0.1, -0.05) is 48.8 Å². The van der Waals surface area contributed by atoms with E-state index in [1.54, 1.807) is 6.92 Å². The van der Waals surface area contributed by atoms with E-state index in [-0.39, 0.29) is 15.6 Å². The predicted octanol–water partition coefficient (Wildman–Crippen LogP) is 6.46. The molecule has 0 spiro atoms. The van der Waals surface area contributed by atoms with Crippen LogP contribution in [0, 0.1) is 12.3 Å². The van der Waals surface area contributed by atoms with Crippen LogP contribution in [0.3, 0.4) is 0 Å². The lowest BCUT2D eigenvalue weighted by Gasteiger charge is -2.28. The third-order valence-corrected chi connectivity index (χ3v) is 6.53. The van der Waals surface area contributed by atoms with Crippen LogP contribution in [-0.4, -0.2) is 13.6 Å². The van der Waals surface area contributed by atoms with Gasteiger partial charge in [-0.15, -0.1) is 6.42 Å². The number of alkyl halides is 3. The van der Waals surface area contributed by atoms with Gasteiger partial charge in [-0.3, -0.25) is 0 Å². The Morgan fingerprint density at radius 3 is 2.04 bits per heavy atom. The van der Waals surface area contributed by atoms with Crippen LogP contribution in [0.5, 0.6) is 0 Å². The fraction of sp³-hybridized carbons (Fsp3) is 0.375. The summed E-state index contributed by atoms with van der Waals surface area (Å²) >= 11 is 12.2. The molecule has 0 saturated heterocycles. The average Bonchev–Trinajstić information content (AvgIpc) is 2.75. The van der Waals surface area contributed by atoms with E-state index in [2.05, 4.69) is 35.8 Å². The van der Waals surface area contributed by atoms with Gasteiger partial charge in [0.05, 0.1) is 29.4 Å². The Kier molecular flexibility index (Phi) is 4.68. The van der Waals surface area contributed by atoms with E-state index in [9.17, 15) is 13.2 Å². The van der Waals surface area contributed by atoms with E-state index in [1.807, 2.05) is 0 Å². The Balaban J connectivity index is 2.78. The standard InChI is InChI=1S/C16H15Cl2F3N2Si/c1-6-15(2)14(24(3,4)5)13(22-23-15)12-10(17)7-9(8-11(12)18)16(19,20)21/h1,7-8H,2-5H3. The summed E-state index contributed by atoms with van der Waals surface area (Å²) in [6.07, 6.45) is 1.09. The minimum Gasteiger partial charge on any atom is -0.166 e. The van der Waals surface area contributed by atoms with E-state index in [0.717, 1.165) is 17.3 Å². The third-order valence-electron chi connectivity index (χ3n) is 3.71. The summed E-state index contributed by atoms with van der Waals surface area (Å²) in [5, 5.41) is 8.87. The van der Waals surface area contributed by atoms with Crippen molar-refractivity contribution in [3.8, 4) is 12.3 Å². The summed E-state index contributed by atoms with van der Waals surface area (Å²) in [7, 11) is -2.01. The molecule has 0 aromatic heterocycles. The lowest BCUT2D eigenvalue weighted by atomic mass is 10.0. The maximum atomic E-state index is 12.9. The van der Waals surface area contributed by atoms with Gasteiger partial charge in [0.2, 0.25) is 0 Å².